The average Bonchev–Trinajstić information content (AvgIpc) is 3.15. The van der Waals surface area contributed by atoms with Crippen LogP contribution in [-0.4, -0.2) is 42.8 Å². The van der Waals surface area contributed by atoms with E-state index in [1.807, 2.05) is 51.1 Å². The third kappa shape index (κ3) is 6.47. The molecule has 0 radical (unpaired) electrons. The van der Waals surface area contributed by atoms with Crippen LogP contribution in [-0.2, 0) is 27.4 Å². The van der Waals surface area contributed by atoms with E-state index in [-0.39, 0.29) is 5.97 Å². The van der Waals surface area contributed by atoms with Crippen molar-refractivity contribution in [2.45, 2.75) is 51.9 Å². The summed E-state index contributed by atoms with van der Waals surface area (Å²) in [7, 11) is 1.43. The van der Waals surface area contributed by atoms with Crippen molar-refractivity contribution in [1.82, 2.24) is 10.2 Å². The maximum atomic E-state index is 12.5. The summed E-state index contributed by atoms with van der Waals surface area (Å²) in [5, 5.41) is 6.17. The van der Waals surface area contributed by atoms with Gasteiger partial charge in [-0.1, -0.05) is 36.4 Å². The molecule has 3 rings (SSSR count). The van der Waals surface area contributed by atoms with Crippen LogP contribution in [0.2, 0.25) is 0 Å². The first kappa shape index (κ1) is 23.6. The number of nitrogens with one attached hydrogen (secondary N) is 2. The van der Waals surface area contributed by atoms with Crippen molar-refractivity contribution in [2.75, 3.05) is 25.5 Å². The Labute approximate surface area is 190 Å². The highest BCUT2D eigenvalue weighted by atomic mass is 16.6. The van der Waals surface area contributed by atoms with E-state index in [0.29, 0.717) is 19.6 Å². The Kier molecular flexibility index (Phi) is 7.75. The Balaban J connectivity index is 1.53. The largest absolute Gasteiger partial charge is 0.468 e. The van der Waals surface area contributed by atoms with Crippen molar-refractivity contribution in [3.63, 3.8) is 0 Å². The summed E-state index contributed by atoms with van der Waals surface area (Å²) >= 11 is 0. The molecule has 2 aromatic carbocycles. The zero-order valence-corrected chi connectivity index (χ0v) is 19.3. The number of methoxy groups -OCH3 is 1. The van der Waals surface area contributed by atoms with Crippen LogP contribution >= 0.6 is 0 Å². The molecule has 0 bridgehead atoms. The molecule has 1 amide bonds. The molecular formula is C25H33N3O4. The third-order valence-corrected chi connectivity index (χ3v) is 5.21. The molecule has 0 unspecified atom stereocenters. The van der Waals surface area contributed by atoms with Crippen molar-refractivity contribution >= 4 is 17.7 Å². The number of carbonyl (C=O) groups excluding carboxylic acids is 2. The van der Waals surface area contributed by atoms with Crippen LogP contribution in [0.25, 0.3) is 0 Å². The lowest BCUT2D eigenvalue weighted by Crippen LogP contribution is -2.33. The topological polar surface area (TPSA) is 79.9 Å². The molecule has 1 aliphatic heterocycles. The second-order valence-corrected chi connectivity index (χ2v) is 8.93. The molecule has 7 nitrogen and oxygen atoms in total. The Hall–Kier alpha value is -3.06. The first-order valence-electron chi connectivity index (χ1n) is 11.0. The summed E-state index contributed by atoms with van der Waals surface area (Å²) in [6, 6.07) is 15.6. The van der Waals surface area contributed by atoms with Gasteiger partial charge in [-0.2, -0.15) is 0 Å². The molecular weight excluding hydrogens is 406 g/mol. The Bertz CT molecular complexity index is 925. The molecule has 0 aliphatic carbocycles. The van der Waals surface area contributed by atoms with E-state index >= 15 is 0 Å². The number of fused-ring (bicyclic) bond motifs is 1. The van der Waals surface area contributed by atoms with E-state index in [2.05, 4.69) is 33.7 Å². The molecule has 1 heterocycles. The molecule has 172 valence electrons. The van der Waals surface area contributed by atoms with E-state index in [4.69, 9.17) is 9.47 Å². The molecule has 1 atom stereocenters. The number of ether oxygens (including phenoxy) is 2. The van der Waals surface area contributed by atoms with E-state index in [9.17, 15) is 9.59 Å². The minimum Gasteiger partial charge on any atom is -0.468 e. The van der Waals surface area contributed by atoms with E-state index in [0.717, 1.165) is 24.2 Å². The number of anilines is 1. The number of carbonyl (C=O) groups is 2. The summed E-state index contributed by atoms with van der Waals surface area (Å²) in [4.78, 5) is 26.4. The number of alkyl carbamates (subject to hydrolysis) is 1. The fourth-order valence-corrected chi connectivity index (χ4v) is 3.78. The van der Waals surface area contributed by atoms with E-state index in [1.165, 1.54) is 18.2 Å². The Morgan fingerprint density at radius 2 is 1.75 bits per heavy atom. The third-order valence-electron chi connectivity index (χ3n) is 5.21. The molecule has 0 aromatic heterocycles. The smallest absolute Gasteiger partial charge is 0.407 e. The SMILES string of the molecule is COC(=O)[C@H](c1ccccc1)N1Cc2ccc(NCCCNC(=O)OC(C)(C)C)cc2C1. The predicted molar refractivity (Wildman–Crippen MR) is 124 cm³/mol. The van der Waals surface area contributed by atoms with Crippen molar-refractivity contribution in [3.8, 4) is 0 Å². The number of rotatable bonds is 8. The van der Waals surface area contributed by atoms with Gasteiger partial charge in [-0.3, -0.25) is 4.90 Å². The van der Waals surface area contributed by atoms with Crippen LogP contribution < -0.4 is 10.6 Å². The molecule has 0 saturated heterocycles. The maximum Gasteiger partial charge on any atom is 0.407 e. The Morgan fingerprint density at radius 3 is 2.44 bits per heavy atom. The zero-order valence-electron chi connectivity index (χ0n) is 19.3. The Morgan fingerprint density at radius 1 is 1.03 bits per heavy atom. The first-order chi connectivity index (χ1) is 15.3. The highest BCUT2D eigenvalue weighted by molar-refractivity contribution is 5.77. The van der Waals surface area contributed by atoms with Crippen molar-refractivity contribution < 1.29 is 19.1 Å². The van der Waals surface area contributed by atoms with Gasteiger partial charge in [0.15, 0.2) is 0 Å². The highest BCUT2D eigenvalue weighted by Crippen LogP contribution is 2.33. The van der Waals surface area contributed by atoms with Crippen molar-refractivity contribution in [2.24, 2.45) is 0 Å². The standard InChI is InChI=1S/C25H33N3O4/c1-25(2,3)32-24(30)27-14-8-13-26-21-12-11-19-16-28(17-20(19)15-21)22(23(29)31-4)18-9-6-5-7-10-18/h5-7,9-12,15,22,26H,8,13-14,16-17H2,1-4H3,(H,27,30)/t22-/m0/s1. The molecule has 0 saturated carbocycles. The average molecular weight is 440 g/mol. The number of amides is 1. The van der Waals surface area contributed by atoms with Gasteiger partial charge in [0.2, 0.25) is 0 Å². The van der Waals surface area contributed by atoms with Crippen molar-refractivity contribution in [1.29, 1.82) is 0 Å². The van der Waals surface area contributed by atoms with Crippen LogP contribution in [0.3, 0.4) is 0 Å². The van der Waals surface area contributed by atoms with Crippen LogP contribution in [0.15, 0.2) is 48.5 Å². The normalized spacial score (nSPS) is 14.4. The van der Waals surface area contributed by atoms with Gasteiger partial charge < -0.3 is 20.1 Å². The van der Waals surface area contributed by atoms with Gasteiger partial charge in [0.25, 0.3) is 0 Å². The van der Waals surface area contributed by atoms with Gasteiger partial charge in [0.05, 0.1) is 7.11 Å². The number of hydrogen-bond acceptors (Lipinski definition) is 6. The van der Waals surface area contributed by atoms with Crippen LogP contribution in [0, 0.1) is 0 Å². The summed E-state index contributed by atoms with van der Waals surface area (Å²) < 4.78 is 10.3. The van der Waals surface area contributed by atoms with Gasteiger partial charge in [0, 0.05) is 31.9 Å². The highest BCUT2D eigenvalue weighted by Gasteiger charge is 2.32. The lowest BCUT2D eigenvalue weighted by Gasteiger charge is -2.25. The number of benzene rings is 2. The number of nitrogens with zero attached hydrogens (tertiary/aromatic N) is 1. The molecule has 2 N–H and O–H groups in total. The summed E-state index contributed by atoms with van der Waals surface area (Å²) in [6.07, 6.45) is 0.384. The minimum atomic E-state index is -0.492. The van der Waals surface area contributed by atoms with Gasteiger partial charge in [-0.05, 0) is 56.0 Å². The lowest BCUT2D eigenvalue weighted by atomic mass is 10.1. The second-order valence-electron chi connectivity index (χ2n) is 8.93. The molecule has 0 fully saturated rings. The van der Waals surface area contributed by atoms with Crippen molar-refractivity contribution in [3.05, 3.63) is 65.2 Å². The molecule has 2 aromatic rings. The molecule has 0 spiro atoms. The van der Waals surface area contributed by atoms with Crippen LogP contribution in [0.4, 0.5) is 10.5 Å². The van der Waals surface area contributed by atoms with Gasteiger partial charge in [-0.15, -0.1) is 0 Å². The minimum absolute atomic E-state index is 0.250. The van der Waals surface area contributed by atoms with Crippen LogP contribution in [0.5, 0.6) is 0 Å². The van der Waals surface area contributed by atoms with E-state index in [1.54, 1.807) is 0 Å². The monoisotopic (exact) mass is 439 g/mol. The van der Waals surface area contributed by atoms with Gasteiger partial charge in [0.1, 0.15) is 11.6 Å². The molecule has 32 heavy (non-hydrogen) atoms. The summed E-state index contributed by atoms with van der Waals surface area (Å²) in [6.45, 7) is 8.18. The fourth-order valence-electron chi connectivity index (χ4n) is 3.78. The summed E-state index contributed by atoms with van der Waals surface area (Å²) in [5.41, 5.74) is 3.88. The zero-order chi connectivity index (χ0) is 23.1. The first-order valence-corrected chi connectivity index (χ1v) is 11.0. The van der Waals surface area contributed by atoms with Crippen LogP contribution in [0.1, 0.15) is 49.9 Å². The van der Waals surface area contributed by atoms with Gasteiger partial charge >= 0.3 is 12.1 Å². The number of esters is 1. The summed E-state index contributed by atoms with van der Waals surface area (Å²) in [5.74, 6) is -0.250. The maximum absolute atomic E-state index is 12.5. The molecule has 7 heteroatoms. The second kappa shape index (κ2) is 10.5. The van der Waals surface area contributed by atoms with Gasteiger partial charge in [-0.25, -0.2) is 9.59 Å². The van der Waals surface area contributed by atoms with E-state index < -0.39 is 17.7 Å². The number of hydrogen-bond donors (Lipinski definition) is 2. The molecule has 1 aliphatic rings. The lowest BCUT2D eigenvalue weighted by molar-refractivity contribution is -0.147. The predicted octanol–water partition coefficient (Wildman–Crippen LogP) is 4.24. The quantitative estimate of drug-likeness (QED) is 0.473. The fraction of sp³-hybridized carbons (Fsp3) is 0.440.